The van der Waals surface area contributed by atoms with Crippen molar-refractivity contribution in [3.8, 4) is 0 Å². The molecule has 2 rings (SSSR count). The highest BCUT2D eigenvalue weighted by atomic mass is 79.9. The molecule has 0 aliphatic heterocycles. The van der Waals surface area contributed by atoms with Crippen LogP contribution in [-0.4, -0.2) is 34.6 Å². The molecular weight excluding hydrogens is 320 g/mol. The second-order valence-corrected chi connectivity index (χ2v) is 5.62. The molecule has 0 aliphatic rings. The van der Waals surface area contributed by atoms with Crippen molar-refractivity contribution in [1.82, 2.24) is 19.7 Å². The normalized spacial score (nSPS) is 11.2. The van der Waals surface area contributed by atoms with Crippen molar-refractivity contribution in [1.29, 1.82) is 0 Å². The molecule has 0 saturated carbocycles. The van der Waals surface area contributed by atoms with Gasteiger partial charge >= 0.3 is 0 Å². The van der Waals surface area contributed by atoms with Gasteiger partial charge in [0.2, 0.25) is 0 Å². The van der Waals surface area contributed by atoms with Gasteiger partial charge in [-0.25, -0.2) is 0 Å². The van der Waals surface area contributed by atoms with E-state index in [1.807, 2.05) is 18.7 Å². The number of aryl methyl sites for hydroxylation is 2. The maximum Gasteiger partial charge on any atom is 0.0739 e. The molecule has 0 radical (unpaired) electrons. The lowest BCUT2D eigenvalue weighted by Gasteiger charge is -2.05. The van der Waals surface area contributed by atoms with Crippen LogP contribution in [0, 0.1) is 6.92 Å². The van der Waals surface area contributed by atoms with Crippen LogP contribution in [0.2, 0.25) is 0 Å². The van der Waals surface area contributed by atoms with Crippen LogP contribution in [0.15, 0.2) is 22.9 Å². The number of nitrogens with zero attached hydrogens (tertiary/aromatic N) is 3. The van der Waals surface area contributed by atoms with E-state index >= 15 is 0 Å². The van der Waals surface area contributed by atoms with Crippen LogP contribution in [0.3, 0.4) is 0 Å². The number of methoxy groups -OCH3 is 1. The number of hydrogen-bond acceptors (Lipinski definition) is 3. The van der Waals surface area contributed by atoms with Gasteiger partial charge in [0.05, 0.1) is 29.0 Å². The first-order valence-electron chi connectivity index (χ1n) is 6.64. The van der Waals surface area contributed by atoms with Gasteiger partial charge in [0.15, 0.2) is 0 Å². The first-order chi connectivity index (χ1) is 9.61. The van der Waals surface area contributed by atoms with Gasteiger partial charge in [0.1, 0.15) is 0 Å². The number of halogens is 1. The van der Waals surface area contributed by atoms with E-state index in [1.54, 1.807) is 7.11 Å². The van der Waals surface area contributed by atoms with Crippen LogP contribution in [0.4, 0.5) is 0 Å². The molecule has 6 heteroatoms. The van der Waals surface area contributed by atoms with E-state index in [1.165, 1.54) is 11.3 Å². The van der Waals surface area contributed by atoms with Crippen LogP contribution >= 0.6 is 15.9 Å². The summed E-state index contributed by atoms with van der Waals surface area (Å²) in [4.78, 5) is 0. The van der Waals surface area contributed by atoms with Crippen molar-refractivity contribution < 1.29 is 4.74 Å². The predicted molar refractivity (Wildman–Crippen MR) is 82.8 cm³/mol. The summed E-state index contributed by atoms with van der Waals surface area (Å²) in [5.74, 6) is 0. The summed E-state index contributed by atoms with van der Waals surface area (Å²) in [6, 6.07) is 2.14. The van der Waals surface area contributed by atoms with Gasteiger partial charge in [-0.2, -0.15) is 5.10 Å². The summed E-state index contributed by atoms with van der Waals surface area (Å²) in [5.41, 5.74) is 3.48. The van der Waals surface area contributed by atoms with Gasteiger partial charge < -0.3 is 14.6 Å². The summed E-state index contributed by atoms with van der Waals surface area (Å²) < 4.78 is 10.2. The Morgan fingerprint density at radius 3 is 2.90 bits per heavy atom. The SMILES string of the molecule is COCCNCc1ccn(Cc2c(Br)c(C)nn2C)c1. The maximum atomic E-state index is 5.01. The minimum absolute atomic E-state index is 0.738. The smallest absolute Gasteiger partial charge is 0.0739 e. The van der Waals surface area contributed by atoms with Gasteiger partial charge in [-0.1, -0.05) is 0 Å². The van der Waals surface area contributed by atoms with Crippen LogP contribution in [-0.2, 0) is 24.9 Å². The van der Waals surface area contributed by atoms with Crippen molar-refractivity contribution in [2.24, 2.45) is 7.05 Å². The lowest BCUT2D eigenvalue weighted by atomic mass is 10.3. The zero-order valence-corrected chi connectivity index (χ0v) is 13.8. The molecule has 0 spiro atoms. The minimum atomic E-state index is 0.738. The lowest BCUT2D eigenvalue weighted by Crippen LogP contribution is -2.18. The fraction of sp³-hybridized carbons (Fsp3) is 0.500. The molecule has 0 aromatic carbocycles. The molecule has 2 aromatic rings. The lowest BCUT2D eigenvalue weighted by molar-refractivity contribution is 0.199. The van der Waals surface area contributed by atoms with Crippen LogP contribution in [0.1, 0.15) is 17.0 Å². The number of aromatic nitrogens is 3. The second-order valence-electron chi connectivity index (χ2n) is 4.83. The molecule has 110 valence electrons. The van der Waals surface area contributed by atoms with E-state index in [9.17, 15) is 0 Å². The molecule has 0 saturated heterocycles. The van der Waals surface area contributed by atoms with E-state index in [2.05, 4.69) is 49.4 Å². The predicted octanol–water partition coefficient (Wildman–Crippen LogP) is 2.08. The molecule has 0 bridgehead atoms. The standard InChI is InChI=1S/C14H21BrN4O/c1-11-14(15)13(18(2)17-11)10-19-6-4-12(9-19)8-16-5-7-20-3/h4,6,9,16H,5,7-8,10H2,1-3H3. The molecule has 5 nitrogen and oxygen atoms in total. The number of hydrogen-bond donors (Lipinski definition) is 1. The third-order valence-corrected chi connectivity index (χ3v) is 4.25. The molecule has 0 fully saturated rings. The monoisotopic (exact) mass is 340 g/mol. The number of rotatable bonds is 7. The van der Waals surface area contributed by atoms with E-state index in [0.29, 0.717) is 0 Å². The van der Waals surface area contributed by atoms with Crippen molar-refractivity contribution in [3.05, 3.63) is 39.9 Å². The Morgan fingerprint density at radius 1 is 1.45 bits per heavy atom. The second kappa shape index (κ2) is 7.06. The molecule has 2 heterocycles. The molecule has 0 aliphatic carbocycles. The number of nitrogens with one attached hydrogen (secondary N) is 1. The Bertz CT molecular complexity index is 562. The Kier molecular flexibility index (Phi) is 5.39. The minimum Gasteiger partial charge on any atom is -0.383 e. The zero-order chi connectivity index (χ0) is 14.5. The average Bonchev–Trinajstić information content (AvgIpc) is 2.96. The van der Waals surface area contributed by atoms with Gasteiger partial charge in [0.25, 0.3) is 0 Å². The Labute approximate surface area is 128 Å². The first-order valence-corrected chi connectivity index (χ1v) is 7.43. The summed E-state index contributed by atoms with van der Waals surface area (Å²) in [7, 11) is 3.69. The van der Waals surface area contributed by atoms with Gasteiger partial charge in [-0.05, 0) is 34.5 Å². The Hall–Kier alpha value is -1.11. The average molecular weight is 341 g/mol. The van der Waals surface area contributed by atoms with E-state index in [4.69, 9.17) is 4.74 Å². The molecular formula is C14H21BrN4O. The third kappa shape index (κ3) is 3.71. The zero-order valence-electron chi connectivity index (χ0n) is 12.2. The molecule has 1 N–H and O–H groups in total. The third-order valence-electron chi connectivity index (χ3n) is 3.22. The van der Waals surface area contributed by atoms with Crippen LogP contribution < -0.4 is 5.32 Å². The van der Waals surface area contributed by atoms with E-state index in [0.717, 1.165) is 36.4 Å². The summed E-state index contributed by atoms with van der Waals surface area (Å²) >= 11 is 3.60. The van der Waals surface area contributed by atoms with Crippen molar-refractivity contribution in [2.75, 3.05) is 20.3 Å². The molecule has 2 aromatic heterocycles. The largest absolute Gasteiger partial charge is 0.383 e. The summed E-state index contributed by atoms with van der Waals surface area (Å²) in [6.07, 6.45) is 4.26. The quantitative estimate of drug-likeness (QED) is 0.785. The van der Waals surface area contributed by atoms with E-state index < -0.39 is 0 Å². The summed E-state index contributed by atoms with van der Waals surface area (Å²) in [6.45, 7) is 5.29. The van der Waals surface area contributed by atoms with Crippen molar-refractivity contribution in [3.63, 3.8) is 0 Å². The van der Waals surface area contributed by atoms with Crippen molar-refractivity contribution >= 4 is 15.9 Å². The fourth-order valence-electron chi connectivity index (χ4n) is 2.13. The fourth-order valence-corrected chi connectivity index (χ4v) is 2.59. The molecule has 20 heavy (non-hydrogen) atoms. The highest BCUT2D eigenvalue weighted by Gasteiger charge is 2.10. The molecule has 0 atom stereocenters. The highest BCUT2D eigenvalue weighted by molar-refractivity contribution is 9.10. The molecule has 0 unspecified atom stereocenters. The van der Waals surface area contributed by atoms with Crippen LogP contribution in [0.5, 0.6) is 0 Å². The Morgan fingerprint density at radius 2 is 2.25 bits per heavy atom. The van der Waals surface area contributed by atoms with Gasteiger partial charge in [-0.3, -0.25) is 4.68 Å². The van der Waals surface area contributed by atoms with E-state index in [-0.39, 0.29) is 0 Å². The topological polar surface area (TPSA) is 44.0 Å². The van der Waals surface area contributed by atoms with Crippen molar-refractivity contribution in [2.45, 2.75) is 20.0 Å². The van der Waals surface area contributed by atoms with Crippen LogP contribution in [0.25, 0.3) is 0 Å². The first kappa shape index (κ1) is 15.3. The van der Waals surface area contributed by atoms with Gasteiger partial charge in [0, 0.05) is 39.6 Å². The highest BCUT2D eigenvalue weighted by Crippen LogP contribution is 2.21. The van der Waals surface area contributed by atoms with Gasteiger partial charge in [-0.15, -0.1) is 0 Å². The number of ether oxygens (including phenoxy) is 1. The Balaban J connectivity index is 1.95. The molecule has 0 amide bonds. The maximum absolute atomic E-state index is 5.01. The summed E-state index contributed by atoms with van der Waals surface area (Å²) in [5, 5.41) is 7.76.